The lowest BCUT2D eigenvalue weighted by atomic mass is 9.85. The predicted octanol–water partition coefficient (Wildman–Crippen LogP) is 3.73. The van der Waals surface area contributed by atoms with Gasteiger partial charge < -0.3 is 15.2 Å². The molecule has 126 valence electrons. The number of amides is 1. The second kappa shape index (κ2) is 9.18. The van der Waals surface area contributed by atoms with Crippen molar-refractivity contribution in [3.05, 3.63) is 35.9 Å². The molecule has 1 aliphatic rings. The smallest absolute Gasteiger partial charge is 0.408 e. The van der Waals surface area contributed by atoms with Gasteiger partial charge in [0, 0.05) is 0 Å². The minimum atomic E-state index is -1.00. The van der Waals surface area contributed by atoms with E-state index in [1.54, 1.807) is 0 Å². The zero-order valence-corrected chi connectivity index (χ0v) is 13.4. The van der Waals surface area contributed by atoms with Crippen LogP contribution in [-0.4, -0.2) is 23.2 Å². The standard InChI is InChI=1S/C18H25NO4/c20-17(21)16(12-11-14-7-3-1-4-8-14)19-18(22)23-13-15-9-5-2-6-10-15/h2,5-6,9-10,14,16H,1,3-4,7-8,11-13H2,(H,19,22)(H,20,21)/t16-/m1/s1. The number of alkyl carbamates (subject to hydrolysis) is 1. The first-order chi connectivity index (χ1) is 11.1. The van der Waals surface area contributed by atoms with Crippen LogP contribution in [0.5, 0.6) is 0 Å². The molecule has 0 aromatic heterocycles. The molecule has 5 nitrogen and oxygen atoms in total. The summed E-state index contributed by atoms with van der Waals surface area (Å²) in [5.41, 5.74) is 0.872. The largest absolute Gasteiger partial charge is 0.480 e. The summed E-state index contributed by atoms with van der Waals surface area (Å²) in [6.07, 6.45) is 6.71. The molecular formula is C18H25NO4. The molecular weight excluding hydrogens is 294 g/mol. The second-order valence-electron chi connectivity index (χ2n) is 6.18. The summed E-state index contributed by atoms with van der Waals surface area (Å²) in [7, 11) is 0. The van der Waals surface area contributed by atoms with Crippen molar-refractivity contribution < 1.29 is 19.4 Å². The van der Waals surface area contributed by atoms with Gasteiger partial charge in [0.15, 0.2) is 0 Å². The van der Waals surface area contributed by atoms with E-state index >= 15 is 0 Å². The summed E-state index contributed by atoms with van der Waals surface area (Å²) < 4.78 is 5.09. The van der Waals surface area contributed by atoms with E-state index in [0.29, 0.717) is 12.3 Å². The highest BCUT2D eigenvalue weighted by Crippen LogP contribution is 2.27. The minimum absolute atomic E-state index is 0.141. The molecule has 0 spiro atoms. The summed E-state index contributed by atoms with van der Waals surface area (Å²) in [5, 5.41) is 11.7. The summed E-state index contributed by atoms with van der Waals surface area (Å²) in [6, 6.07) is 8.44. The van der Waals surface area contributed by atoms with Crippen LogP contribution in [0.1, 0.15) is 50.5 Å². The molecule has 0 bridgehead atoms. The number of nitrogens with one attached hydrogen (secondary N) is 1. The molecule has 0 aliphatic heterocycles. The van der Waals surface area contributed by atoms with Gasteiger partial charge in [-0.25, -0.2) is 9.59 Å². The third-order valence-corrected chi connectivity index (χ3v) is 4.39. The van der Waals surface area contributed by atoms with Crippen LogP contribution in [0.2, 0.25) is 0 Å². The SMILES string of the molecule is O=C(N[C@H](CCC1CCCCC1)C(=O)O)OCc1ccccc1. The van der Waals surface area contributed by atoms with Gasteiger partial charge in [0.05, 0.1) is 0 Å². The van der Waals surface area contributed by atoms with Crippen LogP contribution in [0.3, 0.4) is 0 Å². The number of hydrogen-bond donors (Lipinski definition) is 2. The van der Waals surface area contributed by atoms with Crippen molar-refractivity contribution in [2.75, 3.05) is 0 Å². The average Bonchev–Trinajstić information content (AvgIpc) is 2.58. The van der Waals surface area contributed by atoms with Gasteiger partial charge >= 0.3 is 12.1 Å². The highest BCUT2D eigenvalue weighted by Gasteiger charge is 2.23. The molecule has 1 atom stereocenters. The van der Waals surface area contributed by atoms with Crippen molar-refractivity contribution in [2.24, 2.45) is 5.92 Å². The molecule has 0 unspecified atom stereocenters. The Bertz CT molecular complexity index is 497. The molecule has 5 heteroatoms. The lowest BCUT2D eigenvalue weighted by Gasteiger charge is -2.23. The van der Waals surface area contributed by atoms with Crippen molar-refractivity contribution in [1.82, 2.24) is 5.32 Å². The summed E-state index contributed by atoms with van der Waals surface area (Å²) in [4.78, 5) is 23.1. The average molecular weight is 319 g/mol. The molecule has 0 heterocycles. The fourth-order valence-electron chi connectivity index (χ4n) is 3.04. The molecule has 1 amide bonds. The lowest BCUT2D eigenvalue weighted by Crippen LogP contribution is -2.41. The molecule has 23 heavy (non-hydrogen) atoms. The van der Waals surface area contributed by atoms with Crippen molar-refractivity contribution in [1.29, 1.82) is 0 Å². The normalized spacial score (nSPS) is 16.5. The number of carbonyl (C=O) groups is 2. The first-order valence-electron chi connectivity index (χ1n) is 8.35. The molecule has 2 N–H and O–H groups in total. The molecule has 0 saturated heterocycles. The maximum atomic E-state index is 11.8. The number of aliphatic carboxylic acids is 1. The molecule has 0 radical (unpaired) electrons. The molecule has 1 aromatic carbocycles. The maximum absolute atomic E-state index is 11.8. The lowest BCUT2D eigenvalue weighted by molar-refractivity contribution is -0.139. The zero-order valence-electron chi connectivity index (χ0n) is 13.4. The van der Waals surface area contributed by atoms with Gasteiger partial charge in [-0.05, 0) is 24.3 Å². The van der Waals surface area contributed by atoms with Crippen molar-refractivity contribution in [3.8, 4) is 0 Å². The van der Waals surface area contributed by atoms with Gasteiger partial charge in [-0.3, -0.25) is 0 Å². The maximum Gasteiger partial charge on any atom is 0.408 e. The van der Waals surface area contributed by atoms with Crippen LogP contribution in [-0.2, 0) is 16.1 Å². The predicted molar refractivity (Wildman–Crippen MR) is 87.0 cm³/mol. The summed E-state index contributed by atoms with van der Waals surface area (Å²) >= 11 is 0. The van der Waals surface area contributed by atoms with E-state index in [-0.39, 0.29) is 6.61 Å². The Morgan fingerprint density at radius 1 is 1.17 bits per heavy atom. The van der Waals surface area contributed by atoms with Crippen LogP contribution >= 0.6 is 0 Å². The van der Waals surface area contributed by atoms with E-state index in [1.165, 1.54) is 32.1 Å². The van der Waals surface area contributed by atoms with Gasteiger partial charge in [0.1, 0.15) is 12.6 Å². The first kappa shape index (κ1) is 17.3. The Kier molecular flexibility index (Phi) is 6.91. The number of carboxylic acid groups (broad SMARTS) is 1. The molecule has 1 aromatic rings. The number of hydrogen-bond acceptors (Lipinski definition) is 3. The highest BCUT2D eigenvalue weighted by atomic mass is 16.5. The quantitative estimate of drug-likeness (QED) is 0.803. The first-order valence-corrected chi connectivity index (χ1v) is 8.35. The fourth-order valence-corrected chi connectivity index (χ4v) is 3.04. The number of rotatable bonds is 7. The van der Waals surface area contributed by atoms with Gasteiger partial charge in [-0.1, -0.05) is 62.4 Å². The zero-order chi connectivity index (χ0) is 16.5. The fraction of sp³-hybridized carbons (Fsp3) is 0.556. The van der Waals surface area contributed by atoms with Gasteiger partial charge in [-0.15, -0.1) is 0 Å². The summed E-state index contributed by atoms with van der Waals surface area (Å²) in [6.45, 7) is 0.141. The Labute approximate surface area is 137 Å². The molecule has 1 fully saturated rings. The molecule has 1 saturated carbocycles. The number of carboxylic acids is 1. The van der Waals surface area contributed by atoms with Gasteiger partial charge in [0.2, 0.25) is 0 Å². The van der Waals surface area contributed by atoms with Crippen LogP contribution < -0.4 is 5.32 Å². The third kappa shape index (κ3) is 6.30. The van der Waals surface area contributed by atoms with Crippen molar-refractivity contribution >= 4 is 12.1 Å². The molecule has 2 rings (SSSR count). The second-order valence-corrected chi connectivity index (χ2v) is 6.18. The van der Waals surface area contributed by atoms with Crippen molar-refractivity contribution in [2.45, 2.75) is 57.6 Å². The van der Waals surface area contributed by atoms with Crippen LogP contribution in [0.4, 0.5) is 4.79 Å². The number of ether oxygens (including phenoxy) is 1. The van der Waals surface area contributed by atoms with Crippen molar-refractivity contribution in [3.63, 3.8) is 0 Å². The Morgan fingerprint density at radius 3 is 2.52 bits per heavy atom. The van der Waals surface area contributed by atoms with Gasteiger partial charge in [-0.2, -0.15) is 0 Å². The van der Waals surface area contributed by atoms with E-state index in [9.17, 15) is 14.7 Å². The Morgan fingerprint density at radius 2 is 1.87 bits per heavy atom. The monoisotopic (exact) mass is 319 g/mol. The number of carbonyl (C=O) groups excluding carboxylic acids is 1. The van der Waals surface area contributed by atoms with E-state index < -0.39 is 18.1 Å². The topological polar surface area (TPSA) is 75.6 Å². The summed E-state index contributed by atoms with van der Waals surface area (Å²) in [5.74, 6) is -0.412. The number of benzene rings is 1. The highest BCUT2D eigenvalue weighted by molar-refractivity contribution is 5.79. The van der Waals surface area contributed by atoms with E-state index in [2.05, 4.69) is 5.32 Å². The van der Waals surface area contributed by atoms with E-state index in [0.717, 1.165) is 12.0 Å². The third-order valence-electron chi connectivity index (χ3n) is 4.39. The van der Waals surface area contributed by atoms with Crippen LogP contribution in [0, 0.1) is 5.92 Å². The van der Waals surface area contributed by atoms with Crippen LogP contribution in [0.15, 0.2) is 30.3 Å². The van der Waals surface area contributed by atoms with Crippen LogP contribution in [0.25, 0.3) is 0 Å². The Hall–Kier alpha value is -2.04. The molecule has 1 aliphatic carbocycles. The Balaban J connectivity index is 1.74. The van der Waals surface area contributed by atoms with E-state index in [4.69, 9.17) is 4.74 Å². The van der Waals surface area contributed by atoms with Gasteiger partial charge in [0.25, 0.3) is 0 Å². The van der Waals surface area contributed by atoms with E-state index in [1.807, 2.05) is 30.3 Å². The minimum Gasteiger partial charge on any atom is -0.480 e.